The van der Waals surface area contributed by atoms with Crippen LogP contribution in [0.2, 0.25) is 5.15 Å². The van der Waals surface area contributed by atoms with Gasteiger partial charge in [0, 0.05) is 12.6 Å². The molecule has 0 atom stereocenters. The summed E-state index contributed by atoms with van der Waals surface area (Å²) in [6.07, 6.45) is 3.69. The van der Waals surface area contributed by atoms with Crippen LogP contribution in [0.25, 0.3) is 0 Å². The van der Waals surface area contributed by atoms with E-state index in [4.69, 9.17) is 16.0 Å². The number of nitrogens with zero attached hydrogens (tertiary/aromatic N) is 2. The van der Waals surface area contributed by atoms with Gasteiger partial charge in [0.05, 0.1) is 12.7 Å². The summed E-state index contributed by atoms with van der Waals surface area (Å²) < 4.78 is 31.7. The minimum absolute atomic E-state index is 0.0342. The molecule has 0 amide bonds. The first-order valence-corrected chi connectivity index (χ1v) is 7.43. The molecule has 2 heterocycles. The number of hydrogen-bond donors (Lipinski definition) is 1. The fraction of sp³-hybridized carbons (Fsp3) is 0.273. The van der Waals surface area contributed by atoms with Gasteiger partial charge in [-0.25, -0.2) is 23.1 Å². The van der Waals surface area contributed by atoms with Crippen LogP contribution in [0.5, 0.6) is 0 Å². The lowest BCUT2D eigenvalue weighted by atomic mass is 10.4. The van der Waals surface area contributed by atoms with Crippen molar-refractivity contribution in [2.24, 2.45) is 0 Å². The molecule has 0 aliphatic heterocycles. The maximum absolute atomic E-state index is 12.0. The van der Waals surface area contributed by atoms with Gasteiger partial charge in [-0.3, -0.25) is 0 Å². The van der Waals surface area contributed by atoms with Gasteiger partial charge in [0.25, 0.3) is 0 Å². The standard InChI is InChI=1S/C11H12ClN3O3S/c1-2-8-6-14-10(18-8)7-15-19(16,17)9-4-3-5-13-11(9)12/h3-6,15H,2,7H2,1H3. The number of oxazole rings is 1. The molecule has 0 aliphatic carbocycles. The van der Waals surface area contributed by atoms with Gasteiger partial charge in [0.15, 0.2) is 0 Å². The molecule has 0 spiro atoms. The summed E-state index contributed by atoms with van der Waals surface area (Å²) in [5.41, 5.74) is 0. The van der Waals surface area contributed by atoms with E-state index in [0.717, 1.165) is 0 Å². The molecule has 2 aromatic rings. The van der Waals surface area contributed by atoms with Gasteiger partial charge in [-0.1, -0.05) is 18.5 Å². The van der Waals surface area contributed by atoms with Crippen molar-refractivity contribution in [2.75, 3.05) is 0 Å². The van der Waals surface area contributed by atoms with Crippen LogP contribution in [0.1, 0.15) is 18.6 Å². The highest BCUT2D eigenvalue weighted by Crippen LogP contribution is 2.17. The van der Waals surface area contributed by atoms with E-state index < -0.39 is 10.0 Å². The summed E-state index contributed by atoms with van der Waals surface area (Å²) in [5, 5.41) is -0.0725. The molecular weight excluding hydrogens is 290 g/mol. The number of pyridine rings is 1. The lowest BCUT2D eigenvalue weighted by Gasteiger charge is -2.05. The second-order valence-electron chi connectivity index (χ2n) is 3.69. The zero-order valence-corrected chi connectivity index (χ0v) is 11.7. The molecule has 19 heavy (non-hydrogen) atoms. The maximum Gasteiger partial charge on any atom is 0.244 e. The minimum Gasteiger partial charge on any atom is -0.444 e. The third kappa shape index (κ3) is 3.31. The Morgan fingerprint density at radius 2 is 2.21 bits per heavy atom. The van der Waals surface area contributed by atoms with E-state index in [-0.39, 0.29) is 16.6 Å². The summed E-state index contributed by atoms with van der Waals surface area (Å²) in [5.74, 6) is 1.01. The zero-order chi connectivity index (χ0) is 13.9. The molecule has 0 aromatic carbocycles. The van der Waals surface area contributed by atoms with Crippen LogP contribution in [0.3, 0.4) is 0 Å². The SMILES string of the molecule is CCc1cnc(CNS(=O)(=O)c2cccnc2Cl)o1. The Hall–Kier alpha value is -1.44. The molecule has 1 N–H and O–H groups in total. The number of aromatic nitrogens is 2. The topological polar surface area (TPSA) is 85.1 Å². The fourth-order valence-electron chi connectivity index (χ4n) is 1.40. The average Bonchev–Trinajstić information content (AvgIpc) is 2.85. The highest BCUT2D eigenvalue weighted by molar-refractivity contribution is 7.89. The molecule has 8 heteroatoms. The van der Waals surface area contributed by atoms with E-state index in [2.05, 4.69) is 14.7 Å². The molecule has 0 fully saturated rings. The number of sulfonamides is 1. The molecule has 2 aromatic heterocycles. The third-order valence-electron chi connectivity index (χ3n) is 2.38. The van der Waals surface area contributed by atoms with Crippen molar-refractivity contribution in [3.8, 4) is 0 Å². The summed E-state index contributed by atoms with van der Waals surface area (Å²) >= 11 is 5.75. The Labute approximate surface area is 115 Å². The lowest BCUT2D eigenvalue weighted by molar-refractivity contribution is 0.452. The van der Waals surface area contributed by atoms with Crippen LogP contribution >= 0.6 is 11.6 Å². The Kier molecular flexibility index (Phi) is 4.18. The predicted molar refractivity (Wildman–Crippen MR) is 69.2 cm³/mol. The van der Waals surface area contributed by atoms with Crippen LogP contribution in [0.15, 0.2) is 33.8 Å². The largest absolute Gasteiger partial charge is 0.444 e. The van der Waals surface area contributed by atoms with Crippen molar-refractivity contribution < 1.29 is 12.8 Å². The molecule has 2 rings (SSSR count). The molecule has 0 radical (unpaired) electrons. The van der Waals surface area contributed by atoms with E-state index >= 15 is 0 Å². The van der Waals surface area contributed by atoms with Crippen molar-refractivity contribution in [1.82, 2.24) is 14.7 Å². The lowest BCUT2D eigenvalue weighted by Crippen LogP contribution is -2.23. The average molecular weight is 302 g/mol. The van der Waals surface area contributed by atoms with Gasteiger partial charge in [0.2, 0.25) is 15.9 Å². The monoisotopic (exact) mass is 301 g/mol. The zero-order valence-electron chi connectivity index (χ0n) is 10.1. The molecule has 0 unspecified atom stereocenters. The molecule has 0 aliphatic rings. The van der Waals surface area contributed by atoms with E-state index in [0.29, 0.717) is 18.1 Å². The van der Waals surface area contributed by atoms with Crippen molar-refractivity contribution in [2.45, 2.75) is 24.8 Å². The Bertz CT molecular complexity index is 669. The first-order chi connectivity index (χ1) is 9.03. The minimum atomic E-state index is -3.73. The van der Waals surface area contributed by atoms with Gasteiger partial charge >= 0.3 is 0 Å². The first kappa shape index (κ1) is 14.0. The van der Waals surface area contributed by atoms with Crippen LogP contribution in [-0.4, -0.2) is 18.4 Å². The van der Waals surface area contributed by atoms with Crippen LogP contribution < -0.4 is 4.72 Å². The molecule has 0 saturated carbocycles. The summed E-state index contributed by atoms with van der Waals surface area (Å²) in [6.45, 7) is 1.89. The van der Waals surface area contributed by atoms with Gasteiger partial charge in [-0.2, -0.15) is 0 Å². The molecule has 0 bridgehead atoms. The Balaban J connectivity index is 2.12. The Morgan fingerprint density at radius 3 is 2.84 bits per heavy atom. The van der Waals surface area contributed by atoms with Crippen molar-refractivity contribution in [1.29, 1.82) is 0 Å². The molecular formula is C11H12ClN3O3S. The third-order valence-corrected chi connectivity index (χ3v) is 4.22. The molecule has 0 saturated heterocycles. The fourth-order valence-corrected chi connectivity index (χ4v) is 2.82. The summed E-state index contributed by atoms with van der Waals surface area (Å²) in [6, 6.07) is 2.88. The smallest absolute Gasteiger partial charge is 0.244 e. The van der Waals surface area contributed by atoms with E-state index in [1.54, 1.807) is 6.20 Å². The number of halogens is 1. The van der Waals surface area contributed by atoms with E-state index in [9.17, 15) is 8.42 Å². The number of rotatable bonds is 5. The first-order valence-electron chi connectivity index (χ1n) is 5.56. The quantitative estimate of drug-likeness (QED) is 0.851. The summed E-state index contributed by atoms with van der Waals surface area (Å²) in [4.78, 5) is 7.62. The van der Waals surface area contributed by atoms with Crippen LogP contribution in [-0.2, 0) is 23.0 Å². The van der Waals surface area contributed by atoms with Crippen molar-refractivity contribution >= 4 is 21.6 Å². The second kappa shape index (κ2) is 5.68. The highest BCUT2D eigenvalue weighted by Gasteiger charge is 2.18. The number of nitrogens with one attached hydrogen (secondary N) is 1. The second-order valence-corrected chi connectivity index (χ2v) is 5.78. The normalized spacial score (nSPS) is 11.7. The van der Waals surface area contributed by atoms with E-state index in [1.807, 2.05) is 6.92 Å². The predicted octanol–water partition coefficient (Wildman–Crippen LogP) is 1.76. The van der Waals surface area contributed by atoms with Crippen LogP contribution in [0.4, 0.5) is 0 Å². The maximum atomic E-state index is 12.0. The van der Waals surface area contributed by atoms with Gasteiger partial charge in [-0.05, 0) is 12.1 Å². The van der Waals surface area contributed by atoms with Gasteiger partial charge < -0.3 is 4.42 Å². The summed E-state index contributed by atoms with van der Waals surface area (Å²) in [7, 11) is -3.73. The Morgan fingerprint density at radius 1 is 1.42 bits per heavy atom. The van der Waals surface area contributed by atoms with Gasteiger partial charge in [0.1, 0.15) is 15.8 Å². The number of hydrogen-bond acceptors (Lipinski definition) is 5. The number of aryl methyl sites for hydroxylation is 1. The van der Waals surface area contributed by atoms with Crippen LogP contribution in [0, 0.1) is 0 Å². The van der Waals surface area contributed by atoms with Crippen molar-refractivity contribution in [3.63, 3.8) is 0 Å². The van der Waals surface area contributed by atoms with Gasteiger partial charge in [-0.15, -0.1) is 0 Å². The van der Waals surface area contributed by atoms with E-state index in [1.165, 1.54) is 18.3 Å². The van der Waals surface area contributed by atoms with Crippen molar-refractivity contribution in [3.05, 3.63) is 41.3 Å². The highest BCUT2D eigenvalue weighted by atomic mass is 35.5. The molecule has 102 valence electrons. The molecule has 6 nitrogen and oxygen atoms in total.